The summed E-state index contributed by atoms with van der Waals surface area (Å²) in [5.41, 5.74) is 1.39. The number of hydrogen-bond acceptors (Lipinski definition) is 8. The number of likely N-dealkylation sites (tertiary alicyclic amines) is 1. The Morgan fingerprint density at radius 1 is 1.02 bits per heavy atom. The first-order valence-electron chi connectivity index (χ1n) is 18.8. The molecule has 3 aliphatic heterocycles. The quantitative estimate of drug-likeness (QED) is 0.425. The summed E-state index contributed by atoms with van der Waals surface area (Å²) in [6.07, 6.45) is 6.05. The molecule has 0 spiro atoms. The van der Waals surface area contributed by atoms with Crippen LogP contribution in [0.3, 0.4) is 0 Å². The SMILES string of the molecule is CC1[C@H]2CCCCCc3c(nc4ccccc4c3O[C@H]3CCN(C)C[C@H]3F)O[C@@H]3C[C@@H](C(=O)O)N(C3)C(=O)[C@H](C3CCCCC3)NC(=O)O[C@H]12. The van der Waals surface area contributed by atoms with Gasteiger partial charge in [-0.1, -0.05) is 51.2 Å². The number of amides is 2. The van der Waals surface area contributed by atoms with Crippen molar-refractivity contribution < 1.29 is 38.1 Å². The van der Waals surface area contributed by atoms with Crippen molar-refractivity contribution >= 4 is 28.9 Å². The molecular weight excluding hydrogens is 643 g/mol. The van der Waals surface area contributed by atoms with Crippen molar-refractivity contribution in [1.29, 1.82) is 0 Å². The van der Waals surface area contributed by atoms with Gasteiger partial charge in [0, 0.05) is 30.8 Å². The first-order valence-corrected chi connectivity index (χ1v) is 18.8. The third-order valence-electron chi connectivity index (χ3n) is 11.8. The van der Waals surface area contributed by atoms with Crippen LogP contribution in [-0.2, 0) is 20.7 Å². The lowest BCUT2D eigenvalue weighted by Crippen LogP contribution is -2.55. The second kappa shape index (κ2) is 14.9. The Kier molecular flexibility index (Phi) is 10.4. The Bertz CT molecular complexity index is 1570. The van der Waals surface area contributed by atoms with Crippen molar-refractivity contribution in [2.75, 3.05) is 26.7 Å². The van der Waals surface area contributed by atoms with E-state index >= 15 is 4.39 Å². The molecule has 4 heterocycles. The van der Waals surface area contributed by atoms with Gasteiger partial charge >= 0.3 is 12.1 Å². The van der Waals surface area contributed by atoms with Gasteiger partial charge in [0.05, 0.1) is 17.6 Å². The van der Waals surface area contributed by atoms with Crippen molar-refractivity contribution in [2.24, 2.45) is 17.8 Å². The van der Waals surface area contributed by atoms with Gasteiger partial charge in [-0.05, 0) is 69.5 Å². The van der Waals surface area contributed by atoms with E-state index in [9.17, 15) is 19.5 Å². The van der Waals surface area contributed by atoms with Crippen molar-refractivity contribution in [3.63, 3.8) is 0 Å². The maximum Gasteiger partial charge on any atom is 0.408 e. The largest absolute Gasteiger partial charge is 0.486 e. The van der Waals surface area contributed by atoms with E-state index in [0.29, 0.717) is 36.5 Å². The molecule has 2 amide bonds. The average molecular weight is 695 g/mol. The molecule has 12 heteroatoms. The summed E-state index contributed by atoms with van der Waals surface area (Å²) in [5.74, 6) is -0.248. The van der Waals surface area contributed by atoms with Crippen LogP contribution in [0, 0.1) is 17.8 Å². The van der Waals surface area contributed by atoms with Crippen LogP contribution in [0.4, 0.5) is 9.18 Å². The Morgan fingerprint density at radius 2 is 1.78 bits per heavy atom. The zero-order chi connectivity index (χ0) is 34.9. The summed E-state index contributed by atoms with van der Waals surface area (Å²) < 4.78 is 34.5. The van der Waals surface area contributed by atoms with Crippen LogP contribution in [0.25, 0.3) is 10.9 Å². The number of hydrogen-bond donors (Lipinski definition) is 2. The van der Waals surface area contributed by atoms with Crippen LogP contribution in [0.2, 0.25) is 0 Å². The molecule has 1 aromatic carbocycles. The Balaban J connectivity index is 1.24. The molecule has 8 atom stereocenters. The van der Waals surface area contributed by atoms with Gasteiger partial charge in [0.1, 0.15) is 42.3 Å². The number of rotatable bonds is 4. The van der Waals surface area contributed by atoms with E-state index in [2.05, 4.69) is 12.2 Å². The monoisotopic (exact) mass is 694 g/mol. The predicted octanol–water partition coefficient (Wildman–Crippen LogP) is 5.51. The highest BCUT2D eigenvalue weighted by atomic mass is 19.1. The van der Waals surface area contributed by atoms with Gasteiger partial charge in [-0.25, -0.2) is 19.0 Å². The number of carbonyl (C=O) groups excluding carboxylic acids is 2. The molecule has 2 aromatic rings. The lowest BCUT2D eigenvalue weighted by molar-refractivity contribution is -0.149. The molecule has 2 saturated carbocycles. The molecule has 2 aliphatic carbocycles. The maximum atomic E-state index is 15.4. The molecule has 5 aliphatic rings. The van der Waals surface area contributed by atoms with Gasteiger partial charge in [0.15, 0.2) is 0 Å². The fourth-order valence-corrected chi connectivity index (χ4v) is 8.79. The number of halogens is 1. The van der Waals surface area contributed by atoms with Crippen molar-refractivity contribution in [1.82, 2.24) is 20.1 Å². The van der Waals surface area contributed by atoms with E-state index in [-0.39, 0.29) is 36.8 Å². The minimum atomic E-state index is -1.16. The van der Waals surface area contributed by atoms with Gasteiger partial charge in [-0.15, -0.1) is 0 Å². The highest BCUT2D eigenvalue weighted by molar-refractivity contribution is 5.90. The van der Waals surface area contributed by atoms with E-state index in [0.717, 1.165) is 75.3 Å². The van der Waals surface area contributed by atoms with Crippen LogP contribution in [0.1, 0.15) is 83.1 Å². The molecular formula is C38H51FN4O7. The number of fused-ring (bicyclic) bond motifs is 5. The fraction of sp³-hybridized carbons (Fsp3) is 0.684. The first kappa shape index (κ1) is 34.8. The van der Waals surface area contributed by atoms with E-state index < -0.39 is 48.4 Å². The molecule has 2 saturated heterocycles. The van der Waals surface area contributed by atoms with E-state index in [1.807, 2.05) is 36.2 Å². The minimum absolute atomic E-state index is 0.0309. The Labute approximate surface area is 293 Å². The molecule has 7 rings (SSSR count). The lowest BCUT2D eigenvalue weighted by Gasteiger charge is -2.34. The topological polar surface area (TPSA) is 131 Å². The molecule has 272 valence electrons. The smallest absolute Gasteiger partial charge is 0.408 e. The number of aliphatic carboxylic acids is 1. The van der Waals surface area contributed by atoms with Crippen molar-refractivity contribution in [3.8, 4) is 11.6 Å². The molecule has 11 nitrogen and oxygen atoms in total. The first-order chi connectivity index (χ1) is 24.2. The Morgan fingerprint density at radius 3 is 2.56 bits per heavy atom. The van der Waals surface area contributed by atoms with Crippen LogP contribution in [0.15, 0.2) is 24.3 Å². The fourth-order valence-electron chi connectivity index (χ4n) is 8.79. The van der Waals surface area contributed by atoms with E-state index in [4.69, 9.17) is 19.2 Å². The number of carboxylic acid groups (broad SMARTS) is 1. The van der Waals surface area contributed by atoms with Crippen molar-refractivity contribution in [2.45, 2.75) is 121 Å². The summed E-state index contributed by atoms with van der Waals surface area (Å²) in [4.78, 5) is 48.5. The molecule has 2 bridgehead atoms. The number of alkyl halides is 1. The second-order valence-electron chi connectivity index (χ2n) is 15.3. The number of pyridine rings is 1. The predicted molar refractivity (Wildman–Crippen MR) is 184 cm³/mol. The molecule has 1 unspecified atom stereocenters. The number of carbonyl (C=O) groups is 3. The third-order valence-corrected chi connectivity index (χ3v) is 11.8. The number of alkyl carbamates (subject to hydrolysis) is 1. The number of piperidine rings is 1. The highest BCUT2D eigenvalue weighted by Gasteiger charge is 2.50. The normalized spacial score (nSPS) is 33.2. The third kappa shape index (κ3) is 7.36. The summed E-state index contributed by atoms with van der Waals surface area (Å²) in [7, 11) is 1.91. The van der Waals surface area contributed by atoms with Crippen LogP contribution >= 0.6 is 0 Å². The number of aromatic nitrogens is 1. The molecule has 0 radical (unpaired) electrons. The van der Waals surface area contributed by atoms with Crippen LogP contribution < -0.4 is 14.8 Å². The molecule has 50 heavy (non-hydrogen) atoms. The van der Waals surface area contributed by atoms with Gasteiger partial charge in [-0.2, -0.15) is 0 Å². The summed E-state index contributed by atoms with van der Waals surface area (Å²) in [6, 6.07) is 5.60. The molecule has 2 N–H and O–H groups in total. The average Bonchev–Trinajstić information content (AvgIpc) is 3.48. The van der Waals surface area contributed by atoms with Crippen molar-refractivity contribution in [3.05, 3.63) is 29.8 Å². The van der Waals surface area contributed by atoms with Gasteiger partial charge < -0.3 is 34.4 Å². The summed E-state index contributed by atoms with van der Waals surface area (Å²) >= 11 is 0. The second-order valence-corrected chi connectivity index (χ2v) is 15.3. The van der Waals surface area contributed by atoms with Gasteiger partial charge in [-0.3, -0.25) is 4.79 Å². The van der Waals surface area contributed by atoms with Gasteiger partial charge in [0.25, 0.3) is 0 Å². The Hall–Kier alpha value is -3.67. The number of nitrogens with one attached hydrogen (secondary N) is 1. The number of para-hydroxylation sites is 1. The van der Waals surface area contributed by atoms with E-state index in [1.165, 1.54) is 4.90 Å². The number of ether oxygens (including phenoxy) is 3. The van der Waals surface area contributed by atoms with Crippen LogP contribution in [0.5, 0.6) is 11.6 Å². The zero-order valence-corrected chi connectivity index (χ0v) is 29.2. The molecule has 4 fully saturated rings. The maximum absolute atomic E-state index is 15.4. The zero-order valence-electron chi connectivity index (χ0n) is 29.2. The molecule has 1 aromatic heterocycles. The van der Waals surface area contributed by atoms with Gasteiger partial charge in [0.2, 0.25) is 11.8 Å². The standard InChI is InChI=1S/C38H51FN4O7/c1-22-25-13-7-4-8-15-27-34(49-31-17-18-42(2)21-28(31)39)26-14-9-10-16-29(26)40-35(27)48-24-19-30(37(45)46)43(20-24)36(44)32(23-11-5-3-6-12-23)41-38(47)50-33(22)25/h9-10,14,16,22-25,28,30-33H,3-8,11-13,15,17-21H2,1-2H3,(H,41,47)(H,45,46)/t22?,24-,25-,28-,30+,31+,32+,33-/m1/s1. The van der Waals surface area contributed by atoms with E-state index in [1.54, 1.807) is 0 Å². The number of nitrogens with zero attached hydrogens (tertiary/aromatic N) is 3. The summed E-state index contributed by atoms with van der Waals surface area (Å²) in [5, 5.41) is 14.0. The lowest BCUT2D eigenvalue weighted by atomic mass is 9.83. The number of carboxylic acids is 1. The summed E-state index contributed by atoms with van der Waals surface area (Å²) in [6.45, 7) is 3.14. The number of benzene rings is 1. The minimum Gasteiger partial charge on any atom is -0.486 e. The highest BCUT2D eigenvalue weighted by Crippen LogP contribution is 2.46. The van der Waals surface area contributed by atoms with Crippen LogP contribution in [-0.4, -0.2) is 101 Å².